The molecule has 4 N–H and O–H groups in total. The zero-order valence-corrected chi connectivity index (χ0v) is 19.1. The first-order valence-electron chi connectivity index (χ1n) is 10.5. The van der Waals surface area contributed by atoms with Crippen molar-refractivity contribution in [1.82, 2.24) is 14.9 Å². The predicted molar refractivity (Wildman–Crippen MR) is 124 cm³/mol. The molecule has 0 aromatic carbocycles. The van der Waals surface area contributed by atoms with Crippen molar-refractivity contribution in [3.8, 4) is 0 Å². The van der Waals surface area contributed by atoms with Gasteiger partial charge in [-0.1, -0.05) is 33.3 Å². The second-order valence-electron chi connectivity index (χ2n) is 7.73. The molecule has 2 aromatic heterocycles. The molecule has 0 saturated heterocycles. The fraction of sp³-hybridized carbons (Fsp3) is 0.524. The van der Waals surface area contributed by atoms with Crippen molar-refractivity contribution in [1.29, 1.82) is 0 Å². The Balaban J connectivity index is 2.15. The molecule has 0 fully saturated rings. The fourth-order valence-corrected chi connectivity index (χ4v) is 3.77. The van der Waals surface area contributed by atoms with Crippen molar-refractivity contribution in [2.45, 2.75) is 53.0 Å². The molecule has 0 aliphatic rings. The maximum absolute atomic E-state index is 13.0. The summed E-state index contributed by atoms with van der Waals surface area (Å²) >= 11 is 1.35. The molecule has 9 nitrogen and oxygen atoms in total. The number of rotatable bonds is 11. The molecule has 0 radical (unpaired) electrons. The number of carbonyl (C=O) groups is 2. The van der Waals surface area contributed by atoms with Crippen LogP contribution in [0.25, 0.3) is 0 Å². The van der Waals surface area contributed by atoms with Gasteiger partial charge in [-0.05, 0) is 30.2 Å². The summed E-state index contributed by atoms with van der Waals surface area (Å²) in [6.45, 7) is 6.84. The van der Waals surface area contributed by atoms with Crippen molar-refractivity contribution in [2.24, 2.45) is 5.92 Å². The summed E-state index contributed by atoms with van der Waals surface area (Å²) in [5, 5.41) is 4.61. The van der Waals surface area contributed by atoms with Crippen LogP contribution in [0.3, 0.4) is 0 Å². The van der Waals surface area contributed by atoms with Crippen molar-refractivity contribution in [3.05, 3.63) is 43.2 Å². The third-order valence-corrected chi connectivity index (χ3v) is 5.53. The molecule has 2 heterocycles. The average Bonchev–Trinajstić information content (AvgIpc) is 3.25. The van der Waals surface area contributed by atoms with Crippen molar-refractivity contribution < 1.29 is 9.59 Å². The first-order valence-corrected chi connectivity index (χ1v) is 11.4. The Hall–Kier alpha value is -2.88. The van der Waals surface area contributed by atoms with E-state index < -0.39 is 11.2 Å². The summed E-state index contributed by atoms with van der Waals surface area (Å²) in [5.74, 6) is -0.319. The zero-order valence-electron chi connectivity index (χ0n) is 18.3. The Kier molecular flexibility index (Phi) is 9.04. The molecule has 2 aromatic rings. The number of nitrogens with one attached hydrogen (secondary N) is 2. The van der Waals surface area contributed by atoms with Crippen LogP contribution in [-0.4, -0.2) is 34.5 Å². The SMILES string of the molecule is CCCCN(C(=O)CCCNC(=O)c1cccs1)c1c(N)n(CC(C)C)c(=O)[nH]c1=O. The van der Waals surface area contributed by atoms with E-state index in [2.05, 4.69) is 10.3 Å². The van der Waals surface area contributed by atoms with Crippen LogP contribution in [0.5, 0.6) is 0 Å². The molecule has 0 aliphatic carbocycles. The number of thiophene rings is 1. The van der Waals surface area contributed by atoms with Gasteiger partial charge in [-0.2, -0.15) is 0 Å². The van der Waals surface area contributed by atoms with Gasteiger partial charge in [-0.25, -0.2) is 4.79 Å². The van der Waals surface area contributed by atoms with Gasteiger partial charge in [0, 0.05) is 26.1 Å². The molecule has 2 rings (SSSR count). The second kappa shape index (κ2) is 11.5. The van der Waals surface area contributed by atoms with Gasteiger partial charge in [0.25, 0.3) is 11.5 Å². The minimum absolute atomic E-state index is 0.00194. The number of aromatic amines is 1. The standard InChI is InChI=1S/C21H31N5O4S/c1-4-5-11-25(16(27)9-6-10-23-19(28)15-8-7-12-31-15)17-18(22)26(13-14(2)3)21(30)24-20(17)29/h7-8,12,14H,4-6,9-11,13,22H2,1-3H3,(H,23,28)(H,24,29,30). The highest BCUT2D eigenvalue weighted by atomic mass is 32.1. The number of unbranched alkanes of at least 4 members (excludes halogenated alkanes) is 1. The summed E-state index contributed by atoms with van der Waals surface area (Å²) in [5.41, 5.74) is 4.95. The lowest BCUT2D eigenvalue weighted by molar-refractivity contribution is -0.118. The molecule has 0 atom stereocenters. The summed E-state index contributed by atoms with van der Waals surface area (Å²) in [6, 6.07) is 3.54. The van der Waals surface area contributed by atoms with E-state index in [4.69, 9.17) is 5.73 Å². The van der Waals surface area contributed by atoms with E-state index in [1.807, 2.05) is 26.2 Å². The van der Waals surface area contributed by atoms with Crippen LogP contribution in [0, 0.1) is 5.92 Å². The monoisotopic (exact) mass is 449 g/mol. The van der Waals surface area contributed by atoms with E-state index in [9.17, 15) is 19.2 Å². The Labute approximate surface area is 185 Å². The van der Waals surface area contributed by atoms with Gasteiger partial charge in [0.1, 0.15) is 5.82 Å². The van der Waals surface area contributed by atoms with Crippen LogP contribution < -0.4 is 27.2 Å². The number of H-pyrrole nitrogens is 1. The van der Waals surface area contributed by atoms with Crippen LogP contribution in [0.15, 0.2) is 27.1 Å². The molecule has 31 heavy (non-hydrogen) atoms. The smallest absolute Gasteiger partial charge is 0.330 e. The topological polar surface area (TPSA) is 130 Å². The van der Waals surface area contributed by atoms with Crippen LogP contribution in [0.4, 0.5) is 11.5 Å². The molecule has 10 heteroatoms. The molecule has 0 spiro atoms. The number of nitrogens with two attached hydrogens (primary N) is 1. The molecule has 0 unspecified atom stereocenters. The Bertz CT molecular complexity index is 994. The number of hydrogen-bond acceptors (Lipinski definition) is 6. The molecule has 170 valence electrons. The van der Waals surface area contributed by atoms with Gasteiger partial charge in [-0.3, -0.25) is 23.9 Å². The maximum Gasteiger partial charge on any atom is 0.330 e. The lowest BCUT2D eigenvalue weighted by atomic mass is 10.2. The second-order valence-corrected chi connectivity index (χ2v) is 8.68. The molecule has 2 amide bonds. The van der Waals surface area contributed by atoms with Gasteiger partial charge in [0.15, 0.2) is 5.69 Å². The van der Waals surface area contributed by atoms with Crippen LogP contribution >= 0.6 is 11.3 Å². The number of nitrogens with zero attached hydrogens (tertiary/aromatic N) is 2. The lowest BCUT2D eigenvalue weighted by Crippen LogP contribution is -2.42. The Morgan fingerprint density at radius 3 is 2.65 bits per heavy atom. The average molecular weight is 450 g/mol. The molecular formula is C21H31N5O4S. The maximum atomic E-state index is 13.0. The largest absolute Gasteiger partial charge is 0.383 e. The highest BCUT2D eigenvalue weighted by Gasteiger charge is 2.24. The number of aromatic nitrogens is 2. The van der Waals surface area contributed by atoms with Crippen LogP contribution in [-0.2, 0) is 11.3 Å². The van der Waals surface area contributed by atoms with E-state index in [0.29, 0.717) is 37.4 Å². The quantitative estimate of drug-likeness (QED) is 0.453. The number of hydrogen-bond donors (Lipinski definition) is 3. The van der Waals surface area contributed by atoms with Crippen molar-refractivity contribution in [3.63, 3.8) is 0 Å². The summed E-state index contributed by atoms with van der Waals surface area (Å²) < 4.78 is 1.30. The van der Waals surface area contributed by atoms with Crippen LogP contribution in [0.2, 0.25) is 0 Å². The predicted octanol–water partition coefficient (Wildman–Crippen LogP) is 2.18. The van der Waals surface area contributed by atoms with Crippen molar-refractivity contribution in [2.75, 3.05) is 23.7 Å². The first-order chi connectivity index (χ1) is 14.8. The van der Waals surface area contributed by atoms with Gasteiger partial charge in [0.05, 0.1) is 4.88 Å². The highest BCUT2D eigenvalue weighted by Crippen LogP contribution is 2.19. The number of nitrogen functional groups attached to an aromatic ring is 1. The minimum Gasteiger partial charge on any atom is -0.383 e. The molecule has 0 saturated carbocycles. The lowest BCUT2D eigenvalue weighted by Gasteiger charge is -2.25. The summed E-state index contributed by atoms with van der Waals surface area (Å²) in [4.78, 5) is 54.0. The Morgan fingerprint density at radius 1 is 1.29 bits per heavy atom. The molecule has 0 aliphatic heterocycles. The van der Waals surface area contributed by atoms with E-state index in [0.717, 1.165) is 6.42 Å². The van der Waals surface area contributed by atoms with Crippen molar-refractivity contribution >= 4 is 34.7 Å². The van der Waals surface area contributed by atoms with E-state index in [-0.39, 0.29) is 35.7 Å². The first kappa shape index (κ1) is 24.4. The number of amides is 2. The molecular weight excluding hydrogens is 418 g/mol. The van der Waals surface area contributed by atoms with Gasteiger partial charge in [0.2, 0.25) is 5.91 Å². The van der Waals surface area contributed by atoms with Crippen LogP contribution in [0.1, 0.15) is 56.1 Å². The highest BCUT2D eigenvalue weighted by molar-refractivity contribution is 7.12. The fourth-order valence-electron chi connectivity index (χ4n) is 3.13. The van der Waals surface area contributed by atoms with E-state index >= 15 is 0 Å². The molecule has 0 bridgehead atoms. The van der Waals surface area contributed by atoms with Gasteiger partial charge in [-0.15, -0.1) is 11.3 Å². The summed E-state index contributed by atoms with van der Waals surface area (Å²) in [7, 11) is 0. The Morgan fingerprint density at radius 2 is 2.03 bits per heavy atom. The number of anilines is 2. The van der Waals surface area contributed by atoms with E-state index in [1.54, 1.807) is 12.1 Å². The zero-order chi connectivity index (χ0) is 23.0. The summed E-state index contributed by atoms with van der Waals surface area (Å²) in [6.07, 6.45) is 2.06. The minimum atomic E-state index is -0.669. The normalized spacial score (nSPS) is 11.0. The van der Waals surface area contributed by atoms with Gasteiger partial charge >= 0.3 is 5.69 Å². The van der Waals surface area contributed by atoms with E-state index in [1.165, 1.54) is 20.8 Å². The van der Waals surface area contributed by atoms with Gasteiger partial charge < -0.3 is 16.0 Å². The number of carbonyl (C=O) groups excluding carboxylic acids is 2. The third kappa shape index (κ3) is 6.55. The third-order valence-electron chi connectivity index (χ3n) is 4.67.